The number of amides is 1. The Kier molecular flexibility index (Phi) is 5.54. The first kappa shape index (κ1) is 19.9. The number of nitrogens with one attached hydrogen (secondary N) is 1. The van der Waals surface area contributed by atoms with Crippen LogP contribution in [0.15, 0.2) is 47.4 Å². The summed E-state index contributed by atoms with van der Waals surface area (Å²) in [6, 6.07) is 9.84. The largest absolute Gasteiger partial charge is 0.493 e. The lowest BCUT2D eigenvalue weighted by molar-refractivity contribution is 0.0601. The summed E-state index contributed by atoms with van der Waals surface area (Å²) in [6.07, 6.45) is 1.46. The van der Waals surface area contributed by atoms with Crippen LogP contribution >= 0.6 is 0 Å². The van der Waals surface area contributed by atoms with Gasteiger partial charge in [0.25, 0.3) is 5.91 Å². The molecule has 0 fully saturated rings. The van der Waals surface area contributed by atoms with Gasteiger partial charge in [-0.1, -0.05) is 12.1 Å². The van der Waals surface area contributed by atoms with Crippen LogP contribution in [0.4, 0.5) is 5.69 Å². The number of pyridine rings is 1. The van der Waals surface area contributed by atoms with Crippen LogP contribution in [0.25, 0.3) is 10.9 Å². The number of anilines is 1. The molecule has 0 saturated carbocycles. The molecular formula is C21H20N2O6. The molecule has 0 aliphatic heterocycles. The Hall–Kier alpha value is -3.81. The summed E-state index contributed by atoms with van der Waals surface area (Å²) in [4.78, 5) is 37.9. The molecule has 1 aromatic heterocycles. The highest BCUT2D eigenvalue weighted by molar-refractivity contribution is 6.09. The number of aromatic nitrogens is 1. The minimum absolute atomic E-state index is 0.0585. The van der Waals surface area contributed by atoms with Crippen LogP contribution in [0.5, 0.6) is 11.5 Å². The Morgan fingerprint density at radius 3 is 2.28 bits per heavy atom. The molecule has 1 heterocycles. The van der Waals surface area contributed by atoms with Gasteiger partial charge in [0.05, 0.1) is 38.1 Å². The smallest absolute Gasteiger partial charge is 0.340 e. The quantitative estimate of drug-likeness (QED) is 0.666. The van der Waals surface area contributed by atoms with Crippen LogP contribution in [0, 0.1) is 0 Å². The van der Waals surface area contributed by atoms with E-state index in [0.717, 1.165) is 0 Å². The third kappa shape index (κ3) is 3.64. The molecule has 3 aromatic rings. The maximum atomic E-state index is 12.9. The number of hydrogen-bond donors (Lipinski definition) is 1. The number of nitrogens with zero attached hydrogens (tertiary/aromatic N) is 1. The molecule has 0 aliphatic rings. The molecule has 1 N–H and O–H groups in total. The molecule has 0 aliphatic carbocycles. The summed E-state index contributed by atoms with van der Waals surface area (Å²) < 4.78 is 16.9. The Morgan fingerprint density at radius 1 is 0.966 bits per heavy atom. The maximum absolute atomic E-state index is 12.9. The summed E-state index contributed by atoms with van der Waals surface area (Å²) >= 11 is 0. The number of rotatable bonds is 5. The second-order valence-corrected chi connectivity index (χ2v) is 6.20. The zero-order chi connectivity index (χ0) is 21.1. The number of para-hydroxylation sites is 1. The highest BCUT2D eigenvalue weighted by Crippen LogP contribution is 2.34. The van der Waals surface area contributed by atoms with Gasteiger partial charge in [0.1, 0.15) is 5.56 Å². The normalized spacial score (nSPS) is 10.5. The molecule has 0 atom stereocenters. The van der Waals surface area contributed by atoms with Gasteiger partial charge in [-0.05, 0) is 12.1 Å². The van der Waals surface area contributed by atoms with Gasteiger partial charge in [0, 0.05) is 30.8 Å². The van der Waals surface area contributed by atoms with E-state index in [0.29, 0.717) is 22.4 Å². The summed E-state index contributed by atoms with van der Waals surface area (Å²) in [5.74, 6) is -0.726. The van der Waals surface area contributed by atoms with Gasteiger partial charge in [0.2, 0.25) is 5.43 Å². The van der Waals surface area contributed by atoms with Crippen molar-refractivity contribution in [1.29, 1.82) is 0 Å². The maximum Gasteiger partial charge on any atom is 0.340 e. The number of aryl methyl sites for hydroxylation is 1. The molecule has 8 nitrogen and oxygen atoms in total. The predicted molar refractivity (Wildman–Crippen MR) is 108 cm³/mol. The number of carbonyl (C=O) groups excluding carboxylic acids is 2. The molecule has 150 valence electrons. The SMILES string of the molecule is COC(=O)c1cc(OC)c(OC)cc1NC(=O)c1cn(C)c2ccccc2c1=O. The Morgan fingerprint density at radius 2 is 1.62 bits per heavy atom. The summed E-state index contributed by atoms with van der Waals surface area (Å²) in [7, 11) is 5.83. The summed E-state index contributed by atoms with van der Waals surface area (Å²) in [5, 5.41) is 3.03. The fourth-order valence-corrected chi connectivity index (χ4v) is 3.05. The zero-order valence-electron chi connectivity index (χ0n) is 16.4. The predicted octanol–water partition coefficient (Wildman–Crippen LogP) is 2.59. The van der Waals surface area contributed by atoms with Gasteiger partial charge in [-0.25, -0.2) is 4.79 Å². The Bertz CT molecular complexity index is 1170. The van der Waals surface area contributed by atoms with Gasteiger partial charge in [-0.2, -0.15) is 0 Å². The molecular weight excluding hydrogens is 376 g/mol. The van der Waals surface area contributed by atoms with E-state index in [-0.39, 0.29) is 16.8 Å². The van der Waals surface area contributed by atoms with E-state index in [1.807, 2.05) is 6.07 Å². The molecule has 0 unspecified atom stereocenters. The number of carbonyl (C=O) groups is 2. The monoisotopic (exact) mass is 396 g/mol. The fraction of sp³-hybridized carbons (Fsp3) is 0.190. The van der Waals surface area contributed by atoms with Crippen LogP contribution in [-0.2, 0) is 11.8 Å². The van der Waals surface area contributed by atoms with Gasteiger partial charge in [-0.15, -0.1) is 0 Å². The lowest BCUT2D eigenvalue weighted by Gasteiger charge is -2.15. The van der Waals surface area contributed by atoms with Crippen molar-refractivity contribution in [2.45, 2.75) is 0 Å². The van der Waals surface area contributed by atoms with Gasteiger partial charge < -0.3 is 24.1 Å². The lowest BCUT2D eigenvalue weighted by Crippen LogP contribution is -2.24. The highest BCUT2D eigenvalue weighted by atomic mass is 16.5. The van der Waals surface area contributed by atoms with E-state index >= 15 is 0 Å². The van der Waals surface area contributed by atoms with Gasteiger partial charge in [-0.3, -0.25) is 9.59 Å². The molecule has 3 rings (SSSR count). The molecule has 2 aromatic carbocycles. The van der Waals surface area contributed by atoms with E-state index in [1.165, 1.54) is 39.7 Å². The van der Waals surface area contributed by atoms with E-state index in [9.17, 15) is 14.4 Å². The molecule has 29 heavy (non-hydrogen) atoms. The second-order valence-electron chi connectivity index (χ2n) is 6.20. The first-order valence-corrected chi connectivity index (χ1v) is 8.65. The number of fused-ring (bicyclic) bond motifs is 1. The number of esters is 1. The highest BCUT2D eigenvalue weighted by Gasteiger charge is 2.21. The van der Waals surface area contributed by atoms with Gasteiger partial charge >= 0.3 is 5.97 Å². The first-order valence-electron chi connectivity index (χ1n) is 8.65. The van der Waals surface area contributed by atoms with Crippen LogP contribution in [-0.4, -0.2) is 37.8 Å². The van der Waals surface area contributed by atoms with Crippen molar-refractivity contribution >= 4 is 28.5 Å². The standard InChI is InChI=1S/C21H20N2O6/c1-23-11-14(19(24)12-7-5-6-8-16(12)23)20(25)22-15-10-18(28-3)17(27-2)9-13(15)21(26)29-4/h5-11H,1-4H3,(H,22,25). The van der Waals surface area contributed by atoms with Crippen LogP contribution in [0.3, 0.4) is 0 Å². The number of ether oxygens (including phenoxy) is 3. The van der Waals surface area contributed by atoms with Gasteiger partial charge in [0.15, 0.2) is 11.5 Å². The third-order valence-corrected chi connectivity index (χ3v) is 4.52. The first-order chi connectivity index (χ1) is 13.9. The zero-order valence-corrected chi connectivity index (χ0v) is 16.4. The Labute approximate surface area is 166 Å². The van der Waals surface area contributed by atoms with Crippen molar-refractivity contribution in [3.63, 3.8) is 0 Å². The van der Waals surface area contributed by atoms with Crippen molar-refractivity contribution < 1.29 is 23.8 Å². The van der Waals surface area contributed by atoms with Crippen LogP contribution < -0.4 is 20.2 Å². The van der Waals surface area contributed by atoms with E-state index < -0.39 is 17.3 Å². The molecule has 0 radical (unpaired) electrons. The topological polar surface area (TPSA) is 95.9 Å². The number of methoxy groups -OCH3 is 3. The lowest BCUT2D eigenvalue weighted by atomic mass is 10.1. The van der Waals surface area contributed by atoms with Crippen LogP contribution in [0.1, 0.15) is 20.7 Å². The molecule has 1 amide bonds. The third-order valence-electron chi connectivity index (χ3n) is 4.52. The molecule has 0 spiro atoms. The summed E-state index contributed by atoms with van der Waals surface area (Å²) in [6.45, 7) is 0. The summed E-state index contributed by atoms with van der Waals surface area (Å²) in [5.41, 5.74) is 0.439. The average Bonchev–Trinajstić information content (AvgIpc) is 2.75. The Balaban J connectivity index is 2.09. The van der Waals surface area contributed by atoms with E-state index in [4.69, 9.17) is 14.2 Å². The molecule has 0 saturated heterocycles. The second kappa shape index (κ2) is 8.05. The fourth-order valence-electron chi connectivity index (χ4n) is 3.05. The number of benzene rings is 2. The molecule has 0 bridgehead atoms. The average molecular weight is 396 g/mol. The molecule has 8 heteroatoms. The van der Waals surface area contributed by atoms with Crippen molar-refractivity contribution in [3.05, 3.63) is 63.9 Å². The van der Waals surface area contributed by atoms with E-state index in [2.05, 4.69) is 5.32 Å². The van der Waals surface area contributed by atoms with E-state index in [1.54, 1.807) is 29.8 Å². The number of hydrogen-bond acceptors (Lipinski definition) is 6. The minimum Gasteiger partial charge on any atom is -0.493 e. The van der Waals surface area contributed by atoms with Crippen molar-refractivity contribution in [2.75, 3.05) is 26.6 Å². The van der Waals surface area contributed by atoms with Crippen molar-refractivity contribution in [1.82, 2.24) is 4.57 Å². The van der Waals surface area contributed by atoms with Crippen LogP contribution in [0.2, 0.25) is 0 Å². The minimum atomic E-state index is -0.673. The van der Waals surface area contributed by atoms with Crippen molar-refractivity contribution in [2.24, 2.45) is 7.05 Å². The van der Waals surface area contributed by atoms with Crippen molar-refractivity contribution in [3.8, 4) is 11.5 Å².